The predicted molar refractivity (Wildman–Crippen MR) is 68.9 cm³/mol. The summed E-state index contributed by atoms with van der Waals surface area (Å²) in [5.74, 6) is -0.436. The molecule has 0 saturated heterocycles. The van der Waals surface area contributed by atoms with Crippen molar-refractivity contribution in [3.8, 4) is 6.07 Å². The highest BCUT2D eigenvalue weighted by Gasteiger charge is 2.11. The highest BCUT2D eigenvalue weighted by atomic mass is 79.9. The summed E-state index contributed by atoms with van der Waals surface area (Å²) in [5, 5.41) is 19.5. The summed E-state index contributed by atoms with van der Waals surface area (Å²) in [5.41, 5.74) is 0.177. The molecule has 0 radical (unpaired) electrons. The molecule has 4 nitrogen and oxygen atoms in total. The number of aromatic amines is 1. The maximum atomic E-state index is 11.7. The minimum absolute atomic E-state index is 0.117. The summed E-state index contributed by atoms with van der Waals surface area (Å²) in [7, 11) is 0. The second-order valence-corrected chi connectivity index (χ2v) is 3.86. The highest BCUT2D eigenvalue weighted by molar-refractivity contribution is 9.09. The van der Waals surface area contributed by atoms with Gasteiger partial charge >= 0.3 is 0 Å². The molecule has 0 bridgehead atoms. The number of aliphatic hydroxyl groups excluding tert-OH is 1. The Labute approximate surface area is 107 Å². The van der Waals surface area contributed by atoms with Crippen LogP contribution in [-0.2, 0) is 0 Å². The summed E-state index contributed by atoms with van der Waals surface area (Å²) in [4.78, 5) is 14.6. The van der Waals surface area contributed by atoms with Gasteiger partial charge in [-0.15, -0.1) is 0 Å². The molecule has 0 aliphatic rings. The summed E-state index contributed by atoms with van der Waals surface area (Å²) >= 11 is 3.25. The molecule has 1 heterocycles. The van der Waals surface area contributed by atoms with Gasteiger partial charge in [0.25, 0.3) is 0 Å². The molecule has 0 aliphatic carbocycles. The predicted octanol–water partition coefficient (Wildman–Crippen LogP) is 0.225. The highest BCUT2D eigenvalue weighted by Crippen LogP contribution is 1.99. The topological polar surface area (TPSA) is 76.9 Å². The van der Waals surface area contributed by atoms with E-state index in [9.17, 15) is 4.79 Å². The second kappa shape index (κ2) is 6.18. The van der Waals surface area contributed by atoms with Crippen LogP contribution in [-0.4, -0.2) is 27.8 Å². The van der Waals surface area contributed by atoms with Crippen LogP contribution in [0.4, 0.5) is 0 Å². The van der Waals surface area contributed by atoms with Gasteiger partial charge in [-0.1, -0.05) is 22.5 Å². The summed E-state index contributed by atoms with van der Waals surface area (Å²) in [6.45, 7) is 3.25. The molecule has 0 atom stereocenters. The molecular formula is C12H11BrN2O2. The molecule has 1 aromatic heterocycles. The third-order valence-electron chi connectivity index (χ3n) is 2.13. The Morgan fingerprint density at radius 2 is 2.35 bits per heavy atom. The van der Waals surface area contributed by atoms with Crippen molar-refractivity contribution >= 4 is 33.9 Å². The van der Waals surface area contributed by atoms with Crippen LogP contribution in [0.1, 0.15) is 10.5 Å². The molecule has 0 fully saturated rings. The van der Waals surface area contributed by atoms with Gasteiger partial charge in [-0.05, 0) is 23.4 Å². The largest absolute Gasteiger partial charge is 0.392 e. The Morgan fingerprint density at radius 1 is 1.65 bits per heavy atom. The van der Waals surface area contributed by atoms with Crippen molar-refractivity contribution in [1.82, 2.24) is 4.98 Å². The van der Waals surface area contributed by atoms with E-state index in [1.807, 2.05) is 6.08 Å². The maximum Gasteiger partial charge on any atom is 0.219 e. The summed E-state index contributed by atoms with van der Waals surface area (Å²) in [6, 6.07) is 3.31. The third kappa shape index (κ3) is 3.16. The molecule has 1 aromatic rings. The van der Waals surface area contributed by atoms with Crippen molar-refractivity contribution in [2.75, 3.05) is 11.9 Å². The number of aliphatic hydroxyl groups is 1. The monoisotopic (exact) mass is 294 g/mol. The number of hydrogen-bond donors (Lipinski definition) is 2. The first kappa shape index (κ1) is 13.4. The first-order chi connectivity index (χ1) is 8.13. The van der Waals surface area contributed by atoms with Gasteiger partial charge < -0.3 is 10.1 Å². The molecule has 0 aliphatic heterocycles. The Balaban J connectivity index is 3.33. The van der Waals surface area contributed by atoms with Crippen LogP contribution in [0.2, 0.25) is 0 Å². The number of hydrogen-bond acceptors (Lipinski definition) is 3. The molecule has 0 unspecified atom stereocenters. The van der Waals surface area contributed by atoms with Crippen LogP contribution in [0.25, 0.3) is 12.2 Å². The van der Waals surface area contributed by atoms with Gasteiger partial charge in [-0.2, -0.15) is 5.26 Å². The van der Waals surface area contributed by atoms with Gasteiger partial charge in [0.05, 0.1) is 17.9 Å². The van der Waals surface area contributed by atoms with E-state index in [2.05, 4.69) is 27.5 Å². The van der Waals surface area contributed by atoms with Crippen molar-refractivity contribution in [3.05, 3.63) is 34.5 Å². The molecule has 1 rings (SSSR count). The smallest absolute Gasteiger partial charge is 0.219 e. The van der Waals surface area contributed by atoms with Crippen molar-refractivity contribution in [2.24, 2.45) is 0 Å². The molecular weight excluding hydrogens is 284 g/mol. The van der Waals surface area contributed by atoms with Gasteiger partial charge in [0.1, 0.15) is 6.07 Å². The number of alkyl halides is 1. The average Bonchev–Trinajstić information content (AvgIpc) is 2.72. The number of H-pyrrole nitrogens is 1. The zero-order valence-corrected chi connectivity index (χ0v) is 10.6. The van der Waals surface area contributed by atoms with Crippen LogP contribution >= 0.6 is 15.9 Å². The fourth-order valence-electron chi connectivity index (χ4n) is 1.34. The molecule has 0 saturated carbocycles. The summed E-state index contributed by atoms with van der Waals surface area (Å²) < 4.78 is 0. The lowest BCUT2D eigenvalue weighted by molar-refractivity contribution is 0.103. The molecule has 88 valence electrons. The van der Waals surface area contributed by atoms with Crippen LogP contribution in [0, 0.1) is 11.3 Å². The summed E-state index contributed by atoms with van der Waals surface area (Å²) in [6.07, 6.45) is 3.41. The van der Waals surface area contributed by atoms with Crippen molar-refractivity contribution in [1.29, 1.82) is 5.26 Å². The van der Waals surface area contributed by atoms with Crippen LogP contribution < -0.4 is 10.6 Å². The van der Waals surface area contributed by atoms with E-state index in [4.69, 9.17) is 10.4 Å². The lowest BCUT2D eigenvalue weighted by Crippen LogP contribution is -2.22. The lowest BCUT2D eigenvalue weighted by atomic mass is 10.1. The first-order valence-electron chi connectivity index (χ1n) is 4.84. The Bertz CT molecular complexity index is 560. The Hall–Kier alpha value is -1.64. The van der Waals surface area contributed by atoms with Gasteiger partial charge in [-0.3, -0.25) is 4.79 Å². The molecule has 17 heavy (non-hydrogen) atoms. The standard InChI is InChI=1S/C12H11BrN2O2/c1-8(7-14)12(17)11-6-9(3-5-16)10(15-11)2-4-13/h2-3,6,15-16H,1,4-5H2/b9-3-,10-2+. The number of Topliss-reactive ketones (excluding diaryl/α,β-unsaturated/α-hetero) is 1. The van der Waals surface area contributed by atoms with Crippen molar-refractivity contribution in [3.63, 3.8) is 0 Å². The number of ketones is 1. The molecule has 0 spiro atoms. The van der Waals surface area contributed by atoms with E-state index < -0.39 is 5.78 Å². The number of nitriles is 1. The van der Waals surface area contributed by atoms with Gasteiger partial charge in [0.2, 0.25) is 5.78 Å². The van der Waals surface area contributed by atoms with Crippen molar-refractivity contribution in [2.45, 2.75) is 0 Å². The number of aromatic nitrogens is 1. The minimum atomic E-state index is -0.436. The van der Waals surface area contributed by atoms with Gasteiger partial charge in [0, 0.05) is 10.7 Å². The quantitative estimate of drug-likeness (QED) is 0.361. The fourth-order valence-corrected chi connectivity index (χ4v) is 1.66. The van der Waals surface area contributed by atoms with E-state index in [-0.39, 0.29) is 12.2 Å². The first-order valence-corrected chi connectivity index (χ1v) is 5.96. The third-order valence-corrected chi connectivity index (χ3v) is 2.45. The van der Waals surface area contributed by atoms with E-state index in [1.54, 1.807) is 18.2 Å². The number of halogens is 1. The molecule has 2 N–H and O–H groups in total. The van der Waals surface area contributed by atoms with E-state index >= 15 is 0 Å². The second-order valence-electron chi connectivity index (χ2n) is 3.22. The van der Waals surface area contributed by atoms with Crippen LogP contribution in [0.15, 0.2) is 18.2 Å². The molecule has 0 aromatic carbocycles. The number of carbonyl (C=O) groups is 1. The SMILES string of the molecule is C=C(C#N)C(=O)c1cc(=C/CO)/c(=C\CBr)[nH]1. The number of nitrogens with zero attached hydrogens (tertiary/aromatic N) is 1. The van der Waals surface area contributed by atoms with Crippen LogP contribution in [0.3, 0.4) is 0 Å². The molecule has 0 amide bonds. The number of rotatable bonds is 4. The lowest BCUT2D eigenvalue weighted by Gasteiger charge is -1.90. The molecule has 5 heteroatoms. The van der Waals surface area contributed by atoms with E-state index in [1.165, 1.54) is 0 Å². The normalized spacial score (nSPS) is 12.5. The zero-order valence-electron chi connectivity index (χ0n) is 9.03. The Kier molecular flexibility index (Phi) is 4.88. The van der Waals surface area contributed by atoms with Crippen molar-refractivity contribution < 1.29 is 9.90 Å². The van der Waals surface area contributed by atoms with E-state index in [0.29, 0.717) is 11.0 Å². The van der Waals surface area contributed by atoms with Crippen LogP contribution in [0.5, 0.6) is 0 Å². The van der Waals surface area contributed by atoms with Gasteiger partial charge in [-0.25, -0.2) is 0 Å². The average molecular weight is 295 g/mol. The number of carbonyl (C=O) groups excluding carboxylic acids is 1. The fraction of sp³-hybridized carbons (Fsp3) is 0.167. The number of allylic oxidation sites excluding steroid dienone is 1. The number of nitrogens with one attached hydrogen (secondary N) is 1. The minimum Gasteiger partial charge on any atom is -0.392 e. The maximum absolute atomic E-state index is 11.7. The van der Waals surface area contributed by atoms with E-state index in [0.717, 1.165) is 10.6 Å². The van der Waals surface area contributed by atoms with Gasteiger partial charge in [0.15, 0.2) is 0 Å². The zero-order chi connectivity index (χ0) is 12.8. The Morgan fingerprint density at radius 3 is 2.88 bits per heavy atom.